The van der Waals surface area contributed by atoms with Gasteiger partial charge in [-0.3, -0.25) is 0 Å². The molecular weight excluding hydrogens is 304 g/mol. The molecule has 0 saturated heterocycles. The number of ether oxygens (including phenoxy) is 3. The van der Waals surface area contributed by atoms with Crippen LogP contribution in [0.2, 0.25) is 0 Å². The lowest BCUT2D eigenvalue weighted by Gasteiger charge is -2.27. The van der Waals surface area contributed by atoms with E-state index in [0.717, 1.165) is 34.6 Å². The van der Waals surface area contributed by atoms with Crippen LogP contribution < -0.4 is 14.2 Å². The van der Waals surface area contributed by atoms with Gasteiger partial charge in [0.1, 0.15) is 35.2 Å². The minimum absolute atomic E-state index is 0.0261. The van der Waals surface area contributed by atoms with Crippen LogP contribution in [0.5, 0.6) is 23.0 Å². The van der Waals surface area contributed by atoms with E-state index in [0.29, 0.717) is 12.4 Å². The Hall–Kier alpha value is -2.62. The SMILES string of the molecule is C=C(C)[C@H]1Cc2c(ccc3c2O[C@H]2c4ccc(O)cc4OC[C@@H]32)O1. The van der Waals surface area contributed by atoms with Gasteiger partial charge >= 0.3 is 0 Å². The Labute approximate surface area is 140 Å². The van der Waals surface area contributed by atoms with Crippen molar-refractivity contribution in [2.24, 2.45) is 0 Å². The van der Waals surface area contributed by atoms with Crippen molar-refractivity contribution < 1.29 is 19.3 Å². The molecule has 4 heteroatoms. The van der Waals surface area contributed by atoms with Gasteiger partial charge in [0.25, 0.3) is 0 Å². The van der Waals surface area contributed by atoms with Crippen molar-refractivity contribution in [3.63, 3.8) is 0 Å². The Morgan fingerprint density at radius 2 is 1.96 bits per heavy atom. The molecule has 0 aliphatic carbocycles. The third-order valence-corrected chi connectivity index (χ3v) is 5.19. The van der Waals surface area contributed by atoms with Gasteiger partial charge in [-0.15, -0.1) is 0 Å². The molecule has 0 fully saturated rings. The van der Waals surface area contributed by atoms with Crippen molar-refractivity contribution in [1.82, 2.24) is 0 Å². The van der Waals surface area contributed by atoms with Crippen LogP contribution >= 0.6 is 0 Å². The number of hydrogen-bond donors (Lipinski definition) is 1. The predicted molar refractivity (Wildman–Crippen MR) is 89.1 cm³/mol. The van der Waals surface area contributed by atoms with Gasteiger partial charge in [-0.2, -0.15) is 0 Å². The van der Waals surface area contributed by atoms with Crippen molar-refractivity contribution in [2.75, 3.05) is 6.61 Å². The standard InChI is InChI=1S/C20H18O4/c1-10(2)17-8-14-16(23-17)6-5-12-15-9-22-18-7-11(21)3-4-13(18)20(15)24-19(12)14/h3-7,15,17,20-21H,1,8-9H2,2H3/t15-,17+,20-/m0/s1. The summed E-state index contributed by atoms with van der Waals surface area (Å²) < 4.78 is 18.2. The van der Waals surface area contributed by atoms with E-state index in [1.807, 2.05) is 19.1 Å². The maximum atomic E-state index is 9.66. The summed E-state index contributed by atoms with van der Waals surface area (Å²) in [6.07, 6.45) is 0.759. The van der Waals surface area contributed by atoms with Crippen molar-refractivity contribution in [3.05, 3.63) is 59.2 Å². The molecule has 3 aliphatic rings. The van der Waals surface area contributed by atoms with Crippen LogP contribution in [0.15, 0.2) is 42.5 Å². The molecule has 24 heavy (non-hydrogen) atoms. The summed E-state index contributed by atoms with van der Waals surface area (Å²) in [5.74, 6) is 2.92. The quantitative estimate of drug-likeness (QED) is 0.810. The number of benzene rings is 2. The minimum atomic E-state index is -0.0697. The normalized spacial score (nSPS) is 25.5. The second kappa shape index (κ2) is 4.69. The van der Waals surface area contributed by atoms with Crippen molar-refractivity contribution in [3.8, 4) is 23.0 Å². The van der Waals surface area contributed by atoms with Crippen LogP contribution in [0.3, 0.4) is 0 Å². The highest BCUT2D eigenvalue weighted by atomic mass is 16.5. The highest BCUT2D eigenvalue weighted by molar-refractivity contribution is 5.59. The van der Waals surface area contributed by atoms with E-state index in [4.69, 9.17) is 14.2 Å². The molecule has 5 rings (SSSR count). The van der Waals surface area contributed by atoms with E-state index in [-0.39, 0.29) is 23.9 Å². The third kappa shape index (κ3) is 1.80. The van der Waals surface area contributed by atoms with Gasteiger partial charge in [0.05, 0.1) is 12.5 Å². The first-order valence-corrected chi connectivity index (χ1v) is 8.22. The van der Waals surface area contributed by atoms with E-state index >= 15 is 0 Å². The lowest BCUT2D eigenvalue weighted by atomic mass is 9.88. The van der Waals surface area contributed by atoms with E-state index < -0.39 is 0 Å². The fraction of sp³-hybridized carbons (Fsp3) is 0.300. The molecule has 1 N–H and O–H groups in total. The van der Waals surface area contributed by atoms with Gasteiger partial charge in [0.15, 0.2) is 0 Å². The first-order valence-electron chi connectivity index (χ1n) is 8.22. The van der Waals surface area contributed by atoms with Gasteiger partial charge in [-0.1, -0.05) is 12.6 Å². The van der Waals surface area contributed by atoms with Gasteiger partial charge in [0, 0.05) is 29.2 Å². The Balaban J connectivity index is 1.57. The summed E-state index contributed by atoms with van der Waals surface area (Å²) >= 11 is 0. The molecule has 0 bridgehead atoms. The first kappa shape index (κ1) is 13.8. The Morgan fingerprint density at radius 1 is 1.12 bits per heavy atom. The second-order valence-electron chi connectivity index (χ2n) is 6.80. The zero-order valence-corrected chi connectivity index (χ0v) is 13.4. The van der Waals surface area contributed by atoms with E-state index in [1.54, 1.807) is 12.1 Å². The third-order valence-electron chi connectivity index (χ3n) is 5.19. The summed E-state index contributed by atoms with van der Waals surface area (Å²) in [6, 6.07) is 9.36. The van der Waals surface area contributed by atoms with Crippen LogP contribution in [-0.2, 0) is 6.42 Å². The van der Waals surface area contributed by atoms with Crippen LogP contribution in [0, 0.1) is 0 Å². The van der Waals surface area contributed by atoms with Gasteiger partial charge in [-0.05, 0) is 30.7 Å². The Morgan fingerprint density at radius 3 is 2.79 bits per heavy atom. The van der Waals surface area contributed by atoms with E-state index in [1.165, 1.54) is 5.56 Å². The fourth-order valence-corrected chi connectivity index (χ4v) is 3.91. The fourth-order valence-electron chi connectivity index (χ4n) is 3.91. The summed E-state index contributed by atoms with van der Waals surface area (Å²) in [5, 5.41) is 9.66. The lowest BCUT2D eigenvalue weighted by molar-refractivity contribution is 0.138. The molecule has 0 unspecified atom stereocenters. The molecule has 2 aromatic rings. The first-order chi connectivity index (χ1) is 11.6. The maximum absolute atomic E-state index is 9.66. The molecule has 0 saturated carbocycles. The lowest BCUT2D eigenvalue weighted by Crippen LogP contribution is -2.23. The van der Waals surface area contributed by atoms with Crippen molar-refractivity contribution in [2.45, 2.75) is 31.5 Å². The van der Waals surface area contributed by atoms with Crippen molar-refractivity contribution in [1.29, 1.82) is 0 Å². The molecule has 3 atom stereocenters. The molecule has 4 nitrogen and oxygen atoms in total. The smallest absolute Gasteiger partial charge is 0.138 e. The average molecular weight is 322 g/mol. The number of rotatable bonds is 1. The zero-order chi connectivity index (χ0) is 16.4. The average Bonchev–Trinajstić information content (AvgIpc) is 3.15. The molecule has 0 aromatic heterocycles. The number of phenols is 1. The molecule has 0 spiro atoms. The summed E-state index contributed by atoms with van der Waals surface area (Å²) in [7, 11) is 0. The Bertz CT molecular complexity index is 870. The summed E-state index contributed by atoms with van der Waals surface area (Å²) in [6.45, 7) is 6.56. The molecular formula is C20H18O4. The maximum Gasteiger partial charge on any atom is 0.138 e. The predicted octanol–water partition coefficient (Wildman–Crippen LogP) is 3.88. The summed E-state index contributed by atoms with van der Waals surface area (Å²) in [5.41, 5.74) is 4.34. The Kier molecular flexibility index (Phi) is 2.70. The largest absolute Gasteiger partial charge is 0.508 e. The number of fused-ring (bicyclic) bond motifs is 7. The highest BCUT2D eigenvalue weighted by Crippen LogP contribution is 2.55. The van der Waals surface area contributed by atoms with Crippen LogP contribution in [0.25, 0.3) is 0 Å². The number of phenolic OH excluding ortho intramolecular Hbond substituents is 1. The molecule has 0 radical (unpaired) electrons. The molecule has 3 aliphatic heterocycles. The molecule has 0 amide bonds. The topological polar surface area (TPSA) is 47.9 Å². The van der Waals surface area contributed by atoms with Crippen LogP contribution in [0.1, 0.15) is 35.6 Å². The van der Waals surface area contributed by atoms with Crippen LogP contribution in [0.4, 0.5) is 0 Å². The second-order valence-corrected chi connectivity index (χ2v) is 6.80. The molecule has 122 valence electrons. The van der Waals surface area contributed by atoms with Crippen molar-refractivity contribution >= 4 is 0 Å². The number of hydrogen-bond acceptors (Lipinski definition) is 4. The van der Waals surface area contributed by atoms with Gasteiger partial charge in [-0.25, -0.2) is 0 Å². The minimum Gasteiger partial charge on any atom is -0.508 e. The van der Waals surface area contributed by atoms with E-state index in [2.05, 4.69) is 12.6 Å². The molecule has 2 aromatic carbocycles. The summed E-state index contributed by atoms with van der Waals surface area (Å²) in [4.78, 5) is 0. The zero-order valence-electron chi connectivity index (χ0n) is 13.4. The van der Waals surface area contributed by atoms with E-state index in [9.17, 15) is 5.11 Å². The monoisotopic (exact) mass is 322 g/mol. The number of aromatic hydroxyl groups is 1. The van der Waals surface area contributed by atoms with Crippen LogP contribution in [-0.4, -0.2) is 17.8 Å². The molecule has 3 heterocycles. The highest BCUT2D eigenvalue weighted by Gasteiger charge is 2.43. The van der Waals surface area contributed by atoms with Gasteiger partial charge in [0.2, 0.25) is 0 Å². The van der Waals surface area contributed by atoms with Gasteiger partial charge < -0.3 is 19.3 Å².